The summed E-state index contributed by atoms with van der Waals surface area (Å²) in [7, 11) is 0. The number of H-pyrrole nitrogens is 1. The third-order valence-corrected chi connectivity index (χ3v) is 5.69. The topological polar surface area (TPSA) is 51.4 Å². The normalized spacial score (nSPS) is 11.1. The molecule has 3 aromatic rings. The van der Waals surface area contributed by atoms with E-state index < -0.39 is 0 Å². The molecule has 0 fully saturated rings. The van der Waals surface area contributed by atoms with E-state index in [1.807, 2.05) is 55.5 Å². The second kappa shape index (κ2) is 10.4. The van der Waals surface area contributed by atoms with Crippen LogP contribution < -0.4 is 10.9 Å². The number of fused-ring (bicyclic) bond motifs is 1. The van der Waals surface area contributed by atoms with Gasteiger partial charge in [0.1, 0.15) is 0 Å². The number of nitrogens with zero attached hydrogens (tertiary/aromatic N) is 2. The summed E-state index contributed by atoms with van der Waals surface area (Å²) >= 11 is 5.72. The Kier molecular flexibility index (Phi) is 7.60. The number of likely N-dealkylation sites (N-methyl/N-ethyl adjacent to an activating group) is 1. The Bertz CT molecular complexity index is 1040. The monoisotopic (exact) mass is 422 g/mol. The zero-order chi connectivity index (χ0) is 21.5. The standard InChI is InChI=1S/C24H30N4OS/c1-4-27(5-2)13-14-28(24(30)25-21-9-7-6-8-10-21)17-20-16-19-12-11-18(3)15-22(19)26-23(20)29/h6-12,15-16H,4-5,13-14,17H2,1-3H3,(H,25,30)(H,26,29). The molecule has 1 aromatic heterocycles. The molecule has 2 aromatic carbocycles. The van der Waals surface area contributed by atoms with Crippen LogP contribution in [0.4, 0.5) is 5.69 Å². The molecule has 0 saturated carbocycles. The first-order valence-corrected chi connectivity index (χ1v) is 10.9. The molecule has 1 heterocycles. The Morgan fingerprint density at radius 1 is 1.03 bits per heavy atom. The number of aromatic nitrogens is 1. The highest BCUT2D eigenvalue weighted by Crippen LogP contribution is 2.15. The van der Waals surface area contributed by atoms with E-state index in [0.29, 0.717) is 17.2 Å². The van der Waals surface area contributed by atoms with Gasteiger partial charge in [-0.2, -0.15) is 0 Å². The number of hydrogen-bond acceptors (Lipinski definition) is 3. The van der Waals surface area contributed by atoms with Gasteiger partial charge in [0.25, 0.3) is 5.56 Å². The van der Waals surface area contributed by atoms with Gasteiger partial charge in [0.2, 0.25) is 0 Å². The molecule has 0 aliphatic heterocycles. The van der Waals surface area contributed by atoms with Crippen molar-refractivity contribution in [2.45, 2.75) is 27.3 Å². The fourth-order valence-electron chi connectivity index (χ4n) is 3.46. The summed E-state index contributed by atoms with van der Waals surface area (Å²) in [6, 6.07) is 18.0. The van der Waals surface area contributed by atoms with E-state index in [4.69, 9.17) is 12.2 Å². The number of benzene rings is 2. The van der Waals surface area contributed by atoms with E-state index in [9.17, 15) is 4.79 Å². The number of para-hydroxylation sites is 1. The molecule has 30 heavy (non-hydrogen) atoms. The minimum atomic E-state index is -0.0662. The third kappa shape index (κ3) is 5.68. The molecule has 158 valence electrons. The van der Waals surface area contributed by atoms with Gasteiger partial charge in [0, 0.05) is 29.9 Å². The van der Waals surface area contributed by atoms with Crippen molar-refractivity contribution in [3.8, 4) is 0 Å². The van der Waals surface area contributed by atoms with Crippen LogP contribution in [0.25, 0.3) is 10.9 Å². The molecule has 5 nitrogen and oxygen atoms in total. The van der Waals surface area contributed by atoms with Crippen LogP contribution in [0.2, 0.25) is 0 Å². The number of pyridine rings is 1. The quantitative estimate of drug-likeness (QED) is 0.528. The fourth-order valence-corrected chi connectivity index (χ4v) is 3.74. The first kappa shape index (κ1) is 22.0. The SMILES string of the molecule is CCN(CC)CCN(Cc1cc2ccc(C)cc2[nH]c1=O)C(=S)Nc1ccccc1. The van der Waals surface area contributed by atoms with Gasteiger partial charge in [-0.1, -0.05) is 44.2 Å². The molecule has 0 bridgehead atoms. The van der Waals surface area contributed by atoms with Gasteiger partial charge in [0.05, 0.1) is 6.54 Å². The first-order chi connectivity index (χ1) is 14.5. The molecule has 0 aliphatic carbocycles. The second-order valence-electron chi connectivity index (χ2n) is 7.46. The molecule has 0 spiro atoms. The second-order valence-corrected chi connectivity index (χ2v) is 7.85. The Morgan fingerprint density at radius 2 is 1.77 bits per heavy atom. The number of nitrogens with one attached hydrogen (secondary N) is 2. The van der Waals surface area contributed by atoms with Crippen molar-refractivity contribution in [2.24, 2.45) is 0 Å². The Morgan fingerprint density at radius 3 is 2.47 bits per heavy atom. The lowest BCUT2D eigenvalue weighted by molar-refractivity contribution is 0.266. The van der Waals surface area contributed by atoms with E-state index in [2.05, 4.69) is 40.0 Å². The van der Waals surface area contributed by atoms with Gasteiger partial charge in [-0.25, -0.2) is 0 Å². The highest BCUT2D eigenvalue weighted by atomic mass is 32.1. The van der Waals surface area contributed by atoms with E-state index in [0.717, 1.165) is 48.3 Å². The molecule has 0 unspecified atom stereocenters. The Hall–Kier alpha value is -2.70. The number of aromatic amines is 1. The van der Waals surface area contributed by atoms with Crippen molar-refractivity contribution in [1.29, 1.82) is 0 Å². The minimum Gasteiger partial charge on any atom is -0.343 e. The van der Waals surface area contributed by atoms with Gasteiger partial charge in [-0.05, 0) is 67.4 Å². The molecular weight excluding hydrogens is 392 g/mol. The first-order valence-electron chi connectivity index (χ1n) is 10.5. The number of aryl methyl sites for hydroxylation is 1. The average molecular weight is 423 g/mol. The van der Waals surface area contributed by atoms with Crippen LogP contribution in [-0.4, -0.2) is 46.1 Å². The summed E-state index contributed by atoms with van der Waals surface area (Å²) in [4.78, 5) is 20.2. The maximum atomic E-state index is 12.8. The van der Waals surface area contributed by atoms with Gasteiger partial charge < -0.3 is 20.1 Å². The zero-order valence-electron chi connectivity index (χ0n) is 17.9. The molecule has 0 atom stereocenters. The van der Waals surface area contributed by atoms with Crippen LogP contribution in [0, 0.1) is 6.92 Å². The lowest BCUT2D eigenvalue weighted by Gasteiger charge is -2.28. The lowest BCUT2D eigenvalue weighted by Crippen LogP contribution is -2.41. The highest BCUT2D eigenvalue weighted by molar-refractivity contribution is 7.80. The molecule has 0 saturated heterocycles. The predicted molar refractivity (Wildman–Crippen MR) is 130 cm³/mol. The van der Waals surface area contributed by atoms with Crippen molar-refractivity contribution in [1.82, 2.24) is 14.8 Å². The summed E-state index contributed by atoms with van der Waals surface area (Å²) in [5.74, 6) is 0. The average Bonchev–Trinajstić information content (AvgIpc) is 2.74. The molecule has 2 N–H and O–H groups in total. The molecule has 0 radical (unpaired) electrons. The van der Waals surface area contributed by atoms with Crippen molar-refractivity contribution >= 4 is 33.9 Å². The zero-order valence-corrected chi connectivity index (χ0v) is 18.8. The van der Waals surface area contributed by atoms with Crippen LogP contribution >= 0.6 is 12.2 Å². The third-order valence-electron chi connectivity index (χ3n) is 5.33. The summed E-state index contributed by atoms with van der Waals surface area (Å²) in [6.45, 7) is 10.4. The van der Waals surface area contributed by atoms with E-state index in [1.54, 1.807) is 0 Å². The lowest BCUT2D eigenvalue weighted by atomic mass is 10.1. The maximum absolute atomic E-state index is 12.8. The van der Waals surface area contributed by atoms with Gasteiger partial charge in [-0.3, -0.25) is 4.79 Å². The van der Waals surface area contributed by atoms with Gasteiger partial charge in [-0.15, -0.1) is 0 Å². The smallest absolute Gasteiger partial charge is 0.253 e. The minimum absolute atomic E-state index is 0.0662. The van der Waals surface area contributed by atoms with Crippen LogP contribution in [-0.2, 0) is 6.54 Å². The predicted octanol–water partition coefficient (Wildman–Crippen LogP) is 4.38. The van der Waals surface area contributed by atoms with Crippen LogP contribution in [0.15, 0.2) is 59.4 Å². The van der Waals surface area contributed by atoms with Crippen molar-refractivity contribution in [3.05, 3.63) is 76.1 Å². The van der Waals surface area contributed by atoms with Crippen LogP contribution in [0.1, 0.15) is 25.0 Å². The number of hydrogen-bond donors (Lipinski definition) is 2. The summed E-state index contributed by atoms with van der Waals surface area (Å²) in [5, 5.41) is 4.96. The van der Waals surface area contributed by atoms with E-state index in [1.165, 1.54) is 0 Å². The van der Waals surface area contributed by atoms with Crippen molar-refractivity contribution in [3.63, 3.8) is 0 Å². The van der Waals surface area contributed by atoms with Gasteiger partial charge >= 0.3 is 0 Å². The fraction of sp³-hybridized carbons (Fsp3) is 0.333. The molecule has 6 heteroatoms. The number of rotatable bonds is 8. The highest BCUT2D eigenvalue weighted by Gasteiger charge is 2.15. The summed E-state index contributed by atoms with van der Waals surface area (Å²) in [5.41, 5.74) is 3.58. The maximum Gasteiger partial charge on any atom is 0.253 e. The number of thiocarbonyl (C=S) groups is 1. The molecular formula is C24H30N4OS. The molecule has 0 amide bonds. The summed E-state index contributed by atoms with van der Waals surface area (Å²) < 4.78 is 0. The van der Waals surface area contributed by atoms with Gasteiger partial charge in [0.15, 0.2) is 5.11 Å². The van der Waals surface area contributed by atoms with E-state index >= 15 is 0 Å². The Labute approximate surface area is 183 Å². The Balaban J connectivity index is 1.84. The van der Waals surface area contributed by atoms with Crippen molar-refractivity contribution in [2.75, 3.05) is 31.5 Å². The van der Waals surface area contributed by atoms with E-state index in [-0.39, 0.29) is 5.56 Å². The largest absolute Gasteiger partial charge is 0.343 e. The summed E-state index contributed by atoms with van der Waals surface area (Å²) in [6.07, 6.45) is 0. The number of anilines is 1. The molecule has 3 rings (SSSR count). The van der Waals surface area contributed by atoms with Crippen LogP contribution in [0.5, 0.6) is 0 Å². The van der Waals surface area contributed by atoms with Crippen molar-refractivity contribution < 1.29 is 0 Å². The molecule has 0 aliphatic rings. The van der Waals surface area contributed by atoms with Crippen LogP contribution in [0.3, 0.4) is 0 Å².